The summed E-state index contributed by atoms with van der Waals surface area (Å²) >= 11 is 0. The van der Waals surface area contributed by atoms with Gasteiger partial charge in [0.15, 0.2) is 5.79 Å². The largest absolute Gasteiger partial charge is 0.497 e. The van der Waals surface area contributed by atoms with Crippen molar-refractivity contribution in [2.45, 2.75) is 128 Å². The fraction of sp³-hybridized carbons (Fsp3) is 0.649. The standard InChI is InChI=1S/C37H50O8/c1-6-23(2)29-16-31-30(42-29)17-32-36(43-31)25(4)20-37(44-32)19-24(3)35(41-22-27-12-14-28(39-5)15-13-27)33(45-37)18-34(38)40-21-26-10-8-7-9-11-26/h7-15,23-25,29-33,35-36H,6,16-22H2,1-5H3/t23-,24-,25-,29-,30+,31+,32-,33?,35-,36-,37-/m0/s1. The lowest BCUT2D eigenvalue weighted by Crippen LogP contribution is -2.63. The molecule has 4 aliphatic heterocycles. The summed E-state index contributed by atoms with van der Waals surface area (Å²) in [7, 11) is 1.66. The van der Waals surface area contributed by atoms with Crippen LogP contribution in [-0.4, -0.2) is 61.6 Å². The molecule has 11 atom stereocenters. The fourth-order valence-electron chi connectivity index (χ4n) is 7.80. The highest BCUT2D eigenvalue weighted by Gasteiger charge is 2.57. The van der Waals surface area contributed by atoms with E-state index < -0.39 is 11.9 Å². The number of carbonyl (C=O) groups is 1. The molecule has 0 amide bonds. The Morgan fingerprint density at radius 3 is 2.33 bits per heavy atom. The third kappa shape index (κ3) is 7.41. The summed E-state index contributed by atoms with van der Waals surface area (Å²) in [6, 6.07) is 17.6. The van der Waals surface area contributed by atoms with E-state index in [1.54, 1.807) is 7.11 Å². The number of rotatable bonds is 10. The van der Waals surface area contributed by atoms with Gasteiger partial charge in [-0.05, 0) is 41.0 Å². The molecule has 8 nitrogen and oxygen atoms in total. The van der Waals surface area contributed by atoms with E-state index >= 15 is 0 Å². The van der Waals surface area contributed by atoms with Crippen LogP contribution in [0.1, 0.15) is 77.3 Å². The quantitative estimate of drug-likeness (QED) is 0.274. The van der Waals surface area contributed by atoms with Crippen molar-refractivity contribution >= 4 is 5.97 Å². The molecule has 4 aliphatic rings. The molecule has 1 spiro atoms. The lowest BCUT2D eigenvalue weighted by molar-refractivity contribution is -0.376. The van der Waals surface area contributed by atoms with Crippen LogP contribution in [0.4, 0.5) is 0 Å². The van der Waals surface area contributed by atoms with Gasteiger partial charge in [0.05, 0.1) is 62.9 Å². The lowest BCUT2D eigenvalue weighted by Gasteiger charge is -2.55. The van der Waals surface area contributed by atoms with Crippen molar-refractivity contribution in [2.75, 3.05) is 7.11 Å². The highest BCUT2D eigenvalue weighted by molar-refractivity contribution is 5.70. The van der Waals surface area contributed by atoms with Crippen molar-refractivity contribution < 1.29 is 38.0 Å². The van der Waals surface area contributed by atoms with Crippen LogP contribution in [-0.2, 0) is 46.4 Å². The van der Waals surface area contributed by atoms with Crippen molar-refractivity contribution in [1.82, 2.24) is 0 Å². The van der Waals surface area contributed by atoms with E-state index in [1.165, 1.54) is 0 Å². The number of benzene rings is 2. The van der Waals surface area contributed by atoms with Gasteiger partial charge in [0.1, 0.15) is 12.4 Å². The molecule has 8 heteroatoms. The fourth-order valence-corrected chi connectivity index (χ4v) is 7.80. The Morgan fingerprint density at radius 2 is 1.60 bits per heavy atom. The summed E-state index contributed by atoms with van der Waals surface area (Å²) in [4.78, 5) is 13.2. The van der Waals surface area contributed by atoms with E-state index in [-0.39, 0.29) is 67.5 Å². The number of ether oxygens (including phenoxy) is 7. The second-order valence-electron chi connectivity index (χ2n) is 13.8. The van der Waals surface area contributed by atoms with Crippen LogP contribution in [0.15, 0.2) is 54.6 Å². The number of fused-ring (bicyclic) bond motifs is 2. The maximum atomic E-state index is 13.2. The minimum absolute atomic E-state index is 0.00777. The van der Waals surface area contributed by atoms with Gasteiger partial charge in [-0.25, -0.2) is 0 Å². The minimum atomic E-state index is -0.824. The van der Waals surface area contributed by atoms with Crippen LogP contribution in [0.25, 0.3) is 0 Å². The van der Waals surface area contributed by atoms with Crippen LogP contribution >= 0.6 is 0 Å². The van der Waals surface area contributed by atoms with Gasteiger partial charge in [-0.2, -0.15) is 0 Å². The Morgan fingerprint density at radius 1 is 0.889 bits per heavy atom. The number of esters is 1. The maximum Gasteiger partial charge on any atom is 0.308 e. The van der Waals surface area contributed by atoms with Gasteiger partial charge >= 0.3 is 5.97 Å². The van der Waals surface area contributed by atoms with Crippen molar-refractivity contribution in [2.24, 2.45) is 17.8 Å². The number of methoxy groups -OCH3 is 1. The molecule has 1 unspecified atom stereocenters. The summed E-state index contributed by atoms with van der Waals surface area (Å²) in [5.41, 5.74) is 1.98. The Kier molecular flexibility index (Phi) is 10.2. The third-order valence-corrected chi connectivity index (χ3v) is 10.4. The average Bonchev–Trinajstić information content (AvgIpc) is 3.46. The monoisotopic (exact) mass is 622 g/mol. The van der Waals surface area contributed by atoms with Gasteiger partial charge in [0, 0.05) is 25.7 Å². The molecule has 0 N–H and O–H groups in total. The van der Waals surface area contributed by atoms with Gasteiger partial charge < -0.3 is 33.2 Å². The SMILES string of the molecule is CC[C@H](C)[C@@H]1C[C@H]2O[C@@H]3[C@H](C[C@H]2O1)O[C@@]1(C[C@@H]3C)C[C@H](C)[C@H](OCc2ccc(OC)cc2)C(CC(=O)OCc2ccccc2)O1. The van der Waals surface area contributed by atoms with Gasteiger partial charge in [-0.3, -0.25) is 4.79 Å². The van der Waals surface area contributed by atoms with Gasteiger partial charge in [-0.1, -0.05) is 76.6 Å². The summed E-state index contributed by atoms with van der Waals surface area (Å²) in [6.45, 7) is 9.52. The maximum absolute atomic E-state index is 13.2. The molecule has 6 rings (SSSR count). The molecular formula is C37H50O8. The Bertz CT molecular complexity index is 1250. The van der Waals surface area contributed by atoms with Crippen molar-refractivity contribution in [3.05, 3.63) is 65.7 Å². The first-order valence-corrected chi connectivity index (χ1v) is 16.9. The molecular weight excluding hydrogens is 572 g/mol. The zero-order valence-electron chi connectivity index (χ0n) is 27.4. The van der Waals surface area contributed by atoms with Crippen molar-refractivity contribution in [3.63, 3.8) is 0 Å². The van der Waals surface area contributed by atoms with Crippen LogP contribution < -0.4 is 4.74 Å². The highest BCUT2D eigenvalue weighted by atomic mass is 16.7. The second-order valence-corrected chi connectivity index (χ2v) is 13.8. The van der Waals surface area contributed by atoms with E-state index in [0.717, 1.165) is 36.1 Å². The van der Waals surface area contributed by atoms with Crippen LogP contribution in [0, 0.1) is 17.8 Å². The highest BCUT2D eigenvalue weighted by Crippen LogP contribution is 2.49. The van der Waals surface area contributed by atoms with E-state index in [1.807, 2.05) is 54.6 Å². The Labute approximate surface area is 268 Å². The molecule has 4 heterocycles. The zero-order chi connectivity index (χ0) is 31.6. The number of carbonyl (C=O) groups excluding carboxylic acids is 1. The Hall–Kier alpha value is -2.49. The molecule has 4 saturated heterocycles. The summed E-state index contributed by atoms with van der Waals surface area (Å²) < 4.78 is 44.5. The van der Waals surface area contributed by atoms with E-state index in [0.29, 0.717) is 25.4 Å². The molecule has 0 aliphatic carbocycles. The number of hydrogen-bond acceptors (Lipinski definition) is 8. The predicted molar refractivity (Wildman–Crippen MR) is 168 cm³/mol. The van der Waals surface area contributed by atoms with E-state index in [2.05, 4.69) is 27.7 Å². The lowest BCUT2D eigenvalue weighted by atomic mass is 9.78. The third-order valence-electron chi connectivity index (χ3n) is 10.4. The normalized spacial score (nSPS) is 36.6. The molecule has 45 heavy (non-hydrogen) atoms. The summed E-state index contributed by atoms with van der Waals surface area (Å²) in [6.07, 6.45) is 3.76. The van der Waals surface area contributed by atoms with Gasteiger partial charge in [0.25, 0.3) is 0 Å². The topological polar surface area (TPSA) is 81.7 Å². The molecule has 246 valence electrons. The van der Waals surface area contributed by atoms with Crippen LogP contribution in [0.2, 0.25) is 0 Å². The first-order chi connectivity index (χ1) is 21.8. The molecule has 4 fully saturated rings. The molecule has 0 radical (unpaired) electrons. The summed E-state index contributed by atoms with van der Waals surface area (Å²) in [5, 5.41) is 0. The average molecular weight is 623 g/mol. The molecule has 0 saturated carbocycles. The van der Waals surface area contributed by atoms with Crippen LogP contribution in [0.3, 0.4) is 0 Å². The van der Waals surface area contributed by atoms with E-state index in [9.17, 15) is 4.79 Å². The second kappa shape index (κ2) is 14.1. The van der Waals surface area contributed by atoms with Gasteiger partial charge in [0.2, 0.25) is 0 Å². The molecule has 2 aromatic rings. The van der Waals surface area contributed by atoms with Crippen molar-refractivity contribution in [1.29, 1.82) is 0 Å². The minimum Gasteiger partial charge on any atom is -0.497 e. The van der Waals surface area contributed by atoms with Gasteiger partial charge in [-0.15, -0.1) is 0 Å². The Balaban J connectivity index is 1.16. The summed E-state index contributed by atoms with van der Waals surface area (Å²) in [5.74, 6) is 0.490. The predicted octanol–water partition coefficient (Wildman–Crippen LogP) is 6.62. The van der Waals surface area contributed by atoms with E-state index in [4.69, 9.17) is 33.2 Å². The molecule has 2 aromatic carbocycles. The smallest absolute Gasteiger partial charge is 0.308 e. The zero-order valence-corrected chi connectivity index (χ0v) is 27.4. The number of hydrogen-bond donors (Lipinski definition) is 0. The van der Waals surface area contributed by atoms with Crippen LogP contribution in [0.5, 0.6) is 5.75 Å². The first kappa shape index (κ1) is 32.5. The molecule has 0 bridgehead atoms. The first-order valence-electron chi connectivity index (χ1n) is 16.9. The van der Waals surface area contributed by atoms with Crippen molar-refractivity contribution in [3.8, 4) is 5.75 Å². The molecule has 0 aromatic heterocycles.